The normalized spacial score (nSPS) is 18.5. The van der Waals surface area contributed by atoms with E-state index in [0.717, 1.165) is 12.1 Å². The molecule has 1 amide bonds. The van der Waals surface area contributed by atoms with Gasteiger partial charge in [-0.25, -0.2) is 4.68 Å². The average molecular weight is 291 g/mol. The molecule has 1 saturated heterocycles. The van der Waals surface area contributed by atoms with Crippen LogP contribution in [0.15, 0.2) is 36.5 Å². The van der Waals surface area contributed by atoms with Crippen LogP contribution in [0.1, 0.15) is 16.9 Å². The van der Waals surface area contributed by atoms with Crippen molar-refractivity contribution in [2.45, 2.75) is 12.5 Å². The third-order valence-corrected chi connectivity index (χ3v) is 3.63. The van der Waals surface area contributed by atoms with Crippen molar-refractivity contribution in [3.8, 4) is 5.69 Å². The average Bonchev–Trinajstić information content (AvgIpc) is 3.07. The van der Waals surface area contributed by atoms with E-state index in [2.05, 4.69) is 5.10 Å². The Balaban J connectivity index is 1.81. The summed E-state index contributed by atoms with van der Waals surface area (Å²) < 4.78 is 1.65. The first-order valence-electron chi connectivity index (χ1n) is 6.50. The van der Waals surface area contributed by atoms with Gasteiger partial charge in [-0.2, -0.15) is 5.10 Å². The first-order valence-corrected chi connectivity index (χ1v) is 6.88. The van der Waals surface area contributed by atoms with Crippen LogP contribution in [0.5, 0.6) is 0 Å². The van der Waals surface area contributed by atoms with Crippen LogP contribution in [0.4, 0.5) is 0 Å². The Labute approximate surface area is 121 Å². The fourth-order valence-electron chi connectivity index (χ4n) is 2.33. The van der Waals surface area contributed by atoms with Gasteiger partial charge < -0.3 is 10.6 Å². The van der Waals surface area contributed by atoms with Gasteiger partial charge in [-0.1, -0.05) is 17.7 Å². The van der Waals surface area contributed by atoms with Gasteiger partial charge in [0.15, 0.2) is 5.69 Å². The van der Waals surface area contributed by atoms with Crippen LogP contribution < -0.4 is 5.73 Å². The molecule has 1 fully saturated rings. The first-order chi connectivity index (χ1) is 9.63. The van der Waals surface area contributed by atoms with Gasteiger partial charge in [-0.05, 0) is 30.7 Å². The smallest absolute Gasteiger partial charge is 0.274 e. The van der Waals surface area contributed by atoms with Crippen molar-refractivity contribution >= 4 is 17.5 Å². The summed E-state index contributed by atoms with van der Waals surface area (Å²) in [5, 5.41) is 4.95. The van der Waals surface area contributed by atoms with Crippen molar-refractivity contribution in [1.82, 2.24) is 14.7 Å². The SMILES string of the molecule is N[C@@H]1CCN(C(=O)c2ccn(-c3cccc(Cl)c3)n2)C1. The second kappa shape index (κ2) is 5.26. The maximum atomic E-state index is 12.3. The van der Waals surface area contributed by atoms with E-state index in [1.54, 1.807) is 34.0 Å². The Morgan fingerprint density at radius 3 is 2.95 bits per heavy atom. The van der Waals surface area contributed by atoms with Gasteiger partial charge in [0.05, 0.1) is 5.69 Å². The molecule has 0 aliphatic carbocycles. The number of nitrogens with two attached hydrogens (primary N) is 1. The fourth-order valence-corrected chi connectivity index (χ4v) is 2.52. The minimum absolute atomic E-state index is 0.0706. The van der Waals surface area contributed by atoms with E-state index in [-0.39, 0.29) is 11.9 Å². The molecule has 2 aromatic rings. The molecule has 104 valence electrons. The largest absolute Gasteiger partial charge is 0.336 e. The lowest BCUT2D eigenvalue weighted by Gasteiger charge is -2.13. The van der Waals surface area contributed by atoms with Crippen molar-refractivity contribution in [3.05, 3.63) is 47.2 Å². The van der Waals surface area contributed by atoms with E-state index >= 15 is 0 Å². The molecule has 1 aromatic heterocycles. The molecule has 0 spiro atoms. The maximum Gasteiger partial charge on any atom is 0.274 e. The predicted molar refractivity (Wildman–Crippen MR) is 77.1 cm³/mol. The van der Waals surface area contributed by atoms with Crippen molar-refractivity contribution < 1.29 is 4.79 Å². The predicted octanol–water partition coefficient (Wildman–Crippen LogP) is 1.70. The Kier molecular flexibility index (Phi) is 3.46. The number of carbonyl (C=O) groups excluding carboxylic acids is 1. The number of benzene rings is 1. The van der Waals surface area contributed by atoms with E-state index in [1.165, 1.54) is 0 Å². The van der Waals surface area contributed by atoms with E-state index < -0.39 is 0 Å². The molecule has 1 atom stereocenters. The van der Waals surface area contributed by atoms with Crippen molar-refractivity contribution in [3.63, 3.8) is 0 Å². The molecular weight excluding hydrogens is 276 g/mol. The molecule has 1 aliphatic rings. The monoisotopic (exact) mass is 290 g/mol. The molecule has 0 unspecified atom stereocenters. The number of halogens is 1. The number of amides is 1. The third kappa shape index (κ3) is 2.55. The quantitative estimate of drug-likeness (QED) is 0.915. The second-order valence-corrected chi connectivity index (χ2v) is 5.36. The summed E-state index contributed by atoms with van der Waals surface area (Å²) in [7, 11) is 0. The van der Waals surface area contributed by atoms with Crippen LogP contribution >= 0.6 is 11.6 Å². The molecular formula is C14H15ClN4O. The minimum Gasteiger partial charge on any atom is -0.336 e. The van der Waals surface area contributed by atoms with Crippen LogP contribution in [0, 0.1) is 0 Å². The molecule has 1 aromatic carbocycles. The summed E-state index contributed by atoms with van der Waals surface area (Å²) in [4.78, 5) is 14.0. The highest BCUT2D eigenvalue weighted by atomic mass is 35.5. The molecule has 2 heterocycles. The highest BCUT2D eigenvalue weighted by molar-refractivity contribution is 6.30. The second-order valence-electron chi connectivity index (χ2n) is 4.93. The molecule has 1 aliphatic heterocycles. The molecule has 3 rings (SSSR count). The topological polar surface area (TPSA) is 64.2 Å². The van der Waals surface area contributed by atoms with Gasteiger partial charge in [0.1, 0.15) is 0 Å². The number of hydrogen-bond acceptors (Lipinski definition) is 3. The number of nitrogens with zero attached hydrogens (tertiary/aromatic N) is 3. The van der Waals surface area contributed by atoms with Gasteiger partial charge in [0, 0.05) is 30.4 Å². The summed E-state index contributed by atoms with van der Waals surface area (Å²) in [6, 6.07) is 9.13. The number of likely N-dealkylation sites (tertiary alicyclic amines) is 1. The standard InChI is InChI=1S/C14H15ClN4O/c15-10-2-1-3-12(8-10)19-7-5-13(17-19)14(20)18-6-4-11(16)9-18/h1-3,5,7-8,11H,4,6,9,16H2/t11-/m1/s1. The fraction of sp³-hybridized carbons (Fsp3) is 0.286. The van der Waals surface area contributed by atoms with Crippen molar-refractivity contribution in [2.75, 3.05) is 13.1 Å². The van der Waals surface area contributed by atoms with E-state index in [1.807, 2.05) is 12.1 Å². The summed E-state index contributed by atoms with van der Waals surface area (Å²) in [6.07, 6.45) is 2.61. The van der Waals surface area contributed by atoms with Gasteiger partial charge in [-0.3, -0.25) is 4.79 Å². The first kappa shape index (κ1) is 13.1. The van der Waals surface area contributed by atoms with Crippen LogP contribution in [0.25, 0.3) is 5.69 Å². The molecule has 20 heavy (non-hydrogen) atoms. The maximum absolute atomic E-state index is 12.3. The summed E-state index contributed by atoms with van der Waals surface area (Å²) in [5.41, 5.74) is 7.08. The van der Waals surface area contributed by atoms with Crippen LogP contribution in [0.3, 0.4) is 0 Å². The van der Waals surface area contributed by atoms with E-state index in [4.69, 9.17) is 17.3 Å². The third-order valence-electron chi connectivity index (χ3n) is 3.39. The molecule has 5 nitrogen and oxygen atoms in total. The lowest BCUT2D eigenvalue weighted by atomic mass is 10.3. The van der Waals surface area contributed by atoms with Crippen LogP contribution in [-0.2, 0) is 0 Å². The Hall–Kier alpha value is -1.85. The lowest BCUT2D eigenvalue weighted by molar-refractivity contribution is 0.0784. The molecule has 0 bridgehead atoms. The highest BCUT2D eigenvalue weighted by Gasteiger charge is 2.25. The lowest BCUT2D eigenvalue weighted by Crippen LogP contribution is -2.32. The zero-order chi connectivity index (χ0) is 14.1. The Bertz CT molecular complexity index is 640. The summed E-state index contributed by atoms with van der Waals surface area (Å²) in [6.45, 7) is 1.30. The van der Waals surface area contributed by atoms with Crippen molar-refractivity contribution in [2.24, 2.45) is 5.73 Å². The van der Waals surface area contributed by atoms with E-state index in [9.17, 15) is 4.79 Å². The van der Waals surface area contributed by atoms with Crippen LogP contribution in [0.2, 0.25) is 5.02 Å². The zero-order valence-corrected chi connectivity index (χ0v) is 11.6. The number of carbonyl (C=O) groups is 1. The highest BCUT2D eigenvalue weighted by Crippen LogP contribution is 2.16. The molecule has 2 N–H and O–H groups in total. The zero-order valence-electron chi connectivity index (χ0n) is 10.9. The Morgan fingerprint density at radius 1 is 1.40 bits per heavy atom. The molecule has 0 saturated carbocycles. The van der Waals surface area contributed by atoms with Gasteiger partial charge in [0.2, 0.25) is 0 Å². The van der Waals surface area contributed by atoms with Gasteiger partial charge >= 0.3 is 0 Å². The molecule has 6 heteroatoms. The molecule has 0 radical (unpaired) electrons. The number of hydrogen-bond donors (Lipinski definition) is 1. The van der Waals surface area contributed by atoms with Crippen LogP contribution in [-0.4, -0.2) is 39.7 Å². The Morgan fingerprint density at radius 2 is 2.25 bits per heavy atom. The summed E-state index contributed by atoms with van der Waals surface area (Å²) in [5.74, 6) is -0.0706. The minimum atomic E-state index is -0.0706. The van der Waals surface area contributed by atoms with Gasteiger partial charge in [0.25, 0.3) is 5.91 Å². The number of rotatable bonds is 2. The number of aromatic nitrogens is 2. The van der Waals surface area contributed by atoms with Crippen molar-refractivity contribution in [1.29, 1.82) is 0 Å². The van der Waals surface area contributed by atoms with Gasteiger partial charge in [-0.15, -0.1) is 0 Å². The summed E-state index contributed by atoms with van der Waals surface area (Å²) >= 11 is 5.95. The van der Waals surface area contributed by atoms with E-state index in [0.29, 0.717) is 23.8 Å².